The third-order valence-electron chi connectivity index (χ3n) is 15.6. The van der Waals surface area contributed by atoms with Crippen LogP contribution in [-0.4, -0.2) is 121 Å². The molecule has 10 rings (SSSR count). The van der Waals surface area contributed by atoms with Crippen molar-refractivity contribution in [2.24, 2.45) is 11.8 Å². The Hall–Kier alpha value is -1.25. The van der Waals surface area contributed by atoms with Crippen molar-refractivity contribution in [3.8, 4) is 0 Å². The predicted octanol–water partition coefficient (Wildman–Crippen LogP) is 7.23. The Morgan fingerprint density at radius 1 is 0.741 bits per heavy atom. The van der Waals surface area contributed by atoms with Crippen molar-refractivity contribution in [1.29, 1.82) is 0 Å². The number of ketones is 1. The molecule has 1 N–H and O–H groups in total. The zero-order chi connectivity index (χ0) is 40.1. The van der Waals surface area contributed by atoms with E-state index < -0.39 is 11.9 Å². The van der Waals surface area contributed by atoms with Crippen LogP contribution in [0.1, 0.15) is 142 Å². The lowest BCUT2D eigenvalue weighted by Gasteiger charge is -2.47. The summed E-state index contributed by atoms with van der Waals surface area (Å²) in [5.41, 5.74) is 2.24. The molecule has 19 atom stereocenters. The topological polar surface area (TPSA) is 120 Å². The Labute approximate surface area is 346 Å². The van der Waals surface area contributed by atoms with Crippen molar-refractivity contribution in [1.82, 2.24) is 0 Å². The fourth-order valence-electron chi connectivity index (χ4n) is 12.5. The van der Waals surface area contributed by atoms with E-state index in [2.05, 4.69) is 27.0 Å². The molecule has 11 heteroatoms. The van der Waals surface area contributed by atoms with E-state index in [4.69, 9.17) is 42.6 Å². The van der Waals surface area contributed by atoms with Crippen LogP contribution in [0.15, 0.2) is 24.3 Å². The van der Waals surface area contributed by atoms with Crippen LogP contribution in [0.5, 0.6) is 0 Å². The highest BCUT2D eigenvalue weighted by Gasteiger charge is 2.68. The quantitative estimate of drug-likeness (QED) is 0.178. The number of carbonyl (C=O) groups excluding carboxylic acids is 1. The highest BCUT2D eigenvalue weighted by Crippen LogP contribution is 2.54. The van der Waals surface area contributed by atoms with Crippen molar-refractivity contribution >= 4 is 5.78 Å². The highest BCUT2D eigenvalue weighted by atomic mass is 16.8. The molecule has 0 aromatic heterocycles. The van der Waals surface area contributed by atoms with Gasteiger partial charge < -0.3 is 47.7 Å². The van der Waals surface area contributed by atoms with E-state index in [1.807, 2.05) is 0 Å². The minimum atomic E-state index is -0.775. The summed E-state index contributed by atoms with van der Waals surface area (Å²) in [6, 6.07) is 0. The summed E-state index contributed by atoms with van der Waals surface area (Å²) in [6.45, 7) is 13.5. The normalized spacial score (nSPS) is 48.2. The van der Waals surface area contributed by atoms with Gasteiger partial charge in [0.05, 0.1) is 67.1 Å². The Morgan fingerprint density at radius 2 is 1.48 bits per heavy atom. The van der Waals surface area contributed by atoms with Gasteiger partial charge in [-0.05, 0) is 68.4 Å². The number of ether oxygens (including phenoxy) is 9. The molecule has 0 radical (unpaired) electrons. The summed E-state index contributed by atoms with van der Waals surface area (Å²) >= 11 is 0. The number of aliphatic hydroxyl groups excluding tert-OH is 1. The SMILES string of the molecule is C=C1C[C@@H]2CC[C@@]34C[C@H]5O[C@H]6[C@@H](O3)[C@H]3O[C@H](CC[C@@H]3O[C@H]6[C@H]5O4)CC(=O)C[C@@H]3[C@@H](OC)[C@@H](CC(O)CCCCCCCC)O[C@H]3C[C@H]3O[C@@H](CC[C@@H]1O2)C[C@@H](C)C3=C. The minimum Gasteiger partial charge on any atom is -0.393 e. The third-order valence-corrected chi connectivity index (χ3v) is 15.6. The van der Waals surface area contributed by atoms with E-state index in [1.165, 1.54) is 25.7 Å². The number of aliphatic hydroxyl groups is 1. The molecule has 10 aliphatic rings. The summed E-state index contributed by atoms with van der Waals surface area (Å²) < 4.78 is 60.8. The number of rotatable bonds is 10. The van der Waals surface area contributed by atoms with Crippen LogP contribution in [0.2, 0.25) is 0 Å². The van der Waals surface area contributed by atoms with E-state index in [1.54, 1.807) is 7.11 Å². The largest absolute Gasteiger partial charge is 0.393 e. The van der Waals surface area contributed by atoms with Crippen molar-refractivity contribution in [3.05, 3.63) is 24.3 Å². The molecule has 10 saturated heterocycles. The van der Waals surface area contributed by atoms with E-state index in [0.717, 1.165) is 75.4 Å². The zero-order valence-electron chi connectivity index (χ0n) is 35.5. The average molecular weight is 813 g/mol. The van der Waals surface area contributed by atoms with Crippen LogP contribution in [0, 0.1) is 11.8 Å². The molecular formula is C47H72O11. The third kappa shape index (κ3) is 8.58. The van der Waals surface area contributed by atoms with Gasteiger partial charge in [0.15, 0.2) is 5.79 Å². The smallest absolute Gasteiger partial charge is 0.172 e. The van der Waals surface area contributed by atoms with Gasteiger partial charge in [-0.15, -0.1) is 0 Å². The summed E-state index contributed by atoms with van der Waals surface area (Å²) in [4.78, 5) is 14.3. The molecule has 10 aliphatic heterocycles. The molecule has 0 aromatic rings. The van der Waals surface area contributed by atoms with Crippen LogP contribution < -0.4 is 0 Å². The molecule has 0 aromatic carbocycles. The van der Waals surface area contributed by atoms with Crippen molar-refractivity contribution in [2.75, 3.05) is 7.11 Å². The van der Waals surface area contributed by atoms with Crippen LogP contribution in [-0.2, 0) is 47.4 Å². The van der Waals surface area contributed by atoms with Crippen molar-refractivity contribution in [3.63, 3.8) is 0 Å². The molecule has 58 heavy (non-hydrogen) atoms. The van der Waals surface area contributed by atoms with E-state index in [0.29, 0.717) is 44.4 Å². The Kier molecular flexibility index (Phi) is 12.9. The van der Waals surface area contributed by atoms with E-state index >= 15 is 0 Å². The van der Waals surface area contributed by atoms with Crippen molar-refractivity contribution < 1.29 is 52.5 Å². The first-order chi connectivity index (χ1) is 28.1. The standard InChI is InChI=1S/C47H72O11/c1-6-7-8-9-10-11-12-29(48)23-39-41(50-5)34-22-30(49)21-32-14-16-36-42(53-32)46-45-44(55-36)43-40(56-45)25-47(57-43,58-46)18-17-33-20-27(3)35(51-33)15-13-31-19-26(2)28(4)37(52-31)24-38(34)54-39/h26,29,31-46,48H,3-4,6-25H2,1-2,5H3/t26-,29?,31+,32-,33+,34+,35+,36+,37-,38+,39-,40-,41-,42+,43+,44+,45-,46+,47+/m1/s1. The van der Waals surface area contributed by atoms with Crippen LogP contribution in [0.4, 0.5) is 0 Å². The van der Waals surface area contributed by atoms with Gasteiger partial charge in [-0.3, -0.25) is 4.79 Å². The van der Waals surface area contributed by atoms with Gasteiger partial charge >= 0.3 is 0 Å². The van der Waals surface area contributed by atoms with Gasteiger partial charge in [-0.25, -0.2) is 0 Å². The van der Waals surface area contributed by atoms with Gasteiger partial charge in [-0.2, -0.15) is 0 Å². The number of hydrogen-bond acceptors (Lipinski definition) is 11. The molecule has 12 bridgehead atoms. The number of Topliss-reactive ketones (excluding diaryl/α,β-unsaturated/α-hetero) is 1. The Bertz CT molecular complexity index is 1470. The first kappa shape index (κ1) is 42.1. The maximum absolute atomic E-state index is 14.3. The summed E-state index contributed by atoms with van der Waals surface area (Å²) in [7, 11) is 1.72. The average Bonchev–Trinajstić information content (AvgIpc) is 3.87. The van der Waals surface area contributed by atoms with Gasteiger partial charge in [0.25, 0.3) is 0 Å². The molecule has 0 aliphatic carbocycles. The highest BCUT2D eigenvalue weighted by molar-refractivity contribution is 5.79. The summed E-state index contributed by atoms with van der Waals surface area (Å²) in [5.74, 6) is -0.527. The second-order valence-electron chi connectivity index (χ2n) is 19.7. The maximum atomic E-state index is 14.3. The van der Waals surface area contributed by atoms with E-state index in [-0.39, 0.29) is 103 Å². The lowest BCUT2D eigenvalue weighted by molar-refractivity contribution is -0.292. The molecule has 10 fully saturated rings. The summed E-state index contributed by atoms with van der Waals surface area (Å²) in [5, 5.41) is 11.3. The second-order valence-corrected chi connectivity index (χ2v) is 19.7. The fourth-order valence-corrected chi connectivity index (χ4v) is 12.5. The molecule has 1 spiro atoms. The minimum absolute atomic E-state index is 0.00762. The molecule has 0 amide bonds. The van der Waals surface area contributed by atoms with Gasteiger partial charge in [-0.1, -0.05) is 65.5 Å². The maximum Gasteiger partial charge on any atom is 0.172 e. The molecule has 0 saturated carbocycles. The van der Waals surface area contributed by atoms with Gasteiger partial charge in [0.1, 0.15) is 36.3 Å². The molecule has 326 valence electrons. The van der Waals surface area contributed by atoms with Crippen LogP contribution in [0.3, 0.4) is 0 Å². The first-order valence-corrected chi connectivity index (χ1v) is 23.5. The lowest BCUT2D eigenvalue weighted by atomic mass is 9.81. The van der Waals surface area contributed by atoms with E-state index in [9.17, 15) is 9.90 Å². The number of carbonyl (C=O) groups is 1. The Morgan fingerprint density at radius 3 is 2.33 bits per heavy atom. The molecule has 10 heterocycles. The summed E-state index contributed by atoms with van der Waals surface area (Å²) in [6.07, 6.45) is 13.6. The number of unbranched alkanes of at least 4 members (excludes halogenated alkanes) is 5. The Balaban J connectivity index is 0.945. The monoisotopic (exact) mass is 813 g/mol. The number of fused-ring (bicyclic) bond motifs is 6. The molecule has 11 nitrogen and oxygen atoms in total. The number of hydrogen-bond donors (Lipinski definition) is 1. The fraction of sp³-hybridized carbons (Fsp3) is 0.894. The second kappa shape index (κ2) is 17.9. The molecular weight excluding hydrogens is 741 g/mol. The first-order valence-electron chi connectivity index (χ1n) is 23.5. The molecule has 1 unspecified atom stereocenters. The van der Waals surface area contributed by atoms with Crippen LogP contribution in [0.25, 0.3) is 0 Å². The predicted molar refractivity (Wildman–Crippen MR) is 215 cm³/mol. The van der Waals surface area contributed by atoms with Gasteiger partial charge in [0.2, 0.25) is 0 Å². The van der Waals surface area contributed by atoms with Gasteiger partial charge in [0, 0.05) is 51.6 Å². The van der Waals surface area contributed by atoms with Crippen LogP contribution >= 0.6 is 0 Å². The van der Waals surface area contributed by atoms with Crippen molar-refractivity contribution in [2.45, 2.75) is 246 Å². The zero-order valence-corrected chi connectivity index (χ0v) is 35.5. The number of methoxy groups -OCH3 is 1. The lowest BCUT2D eigenvalue weighted by Crippen LogP contribution is -2.61.